The lowest BCUT2D eigenvalue weighted by Crippen LogP contribution is -2.21. The van der Waals surface area contributed by atoms with Crippen molar-refractivity contribution in [2.24, 2.45) is 0 Å². The Morgan fingerprint density at radius 2 is 2.33 bits per heavy atom. The highest BCUT2D eigenvalue weighted by molar-refractivity contribution is 6.29. The van der Waals surface area contributed by atoms with Crippen LogP contribution in [0.5, 0.6) is 0 Å². The van der Waals surface area contributed by atoms with Crippen LogP contribution in [0, 0.1) is 6.92 Å². The molecule has 0 saturated carbocycles. The van der Waals surface area contributed by atoms with Crippen molar-refractivity contribution >= 4 is 11.6 Å². The van der Waals surface area contributed by atoms with Crippen molar-refractivity contribution < 1.29 is 4.63 Å². The summed E-state index contributed by atoms with van der Waals surface area (Å²) in [4.78, 5) is 15.2. The van der Waals surface area contributed by atoms with Crippen LogP contribution in [0.1, 0.15) is 11.4 Å². The van der Waals surface area contributed by atoms with Gasteiger partial charge in [0.1, 0.15) is 11.4 Å². The third-order valence-corrected chi connectivity index (χ3v) is 2.20. The summed E-state index contributed by atoms with van der Waals surface area (Å²) in [6, 6.07) is 0. The minimum absolute atomic E-state index is 0.0633. The van der Waals surface area contributed by atoms with Crippen LogP contribution in [-0.4, -0.2) is 19.9 Å². The van der Waals surface area contributed by atoms with E-state index in [1.807, 2.05) is 0 Å². The van der Waals surface area contributed by atoms with E-state index in [1.165, 1.54) is 17.0 Å². The number of aryl methyl sites for hydroxylation is 1. The highest BCUT2D eigenvalue weighted by atomic mass is 35.5. The topological polar surface area (TPSA) is 73.8 Å². The van der Waals surface area contributed by atoms with E-state index >= 15 is 0 Å². The molecule has 2 rings (SSSR count). The largest absolute Gasteiger partial charge is 0.305 e. The highest BCUT2D eigenvalue weighted by Crippen LogP contribution is 2.02. The van der Waals surface area contributed by atoms with Gasteiger partial charge in [-0.15, -0.1) is 0 Å². The van der Waals surface area contributed by atoms with Crippen LogP contribution >= 0.6 is 11.6 Å². The fourth-order valence-corrected chi connectivity index (χ4v) is 1.26. The molecule has 0 spiro atoms. The number of hydrogen-bond donors (Lipinski definition) is 0. The van der Waals surface area contributed by atoms with Crippen molar-refractivity contribution in [3.05, 3.63) is 39.3 Å². The molecule has 0 unspecified atom stereocenters. The van der Waals surface area contributed by atoms with Gasteiger partial charge in [0.05, 0.1) is 6.54 Å². The van der Waals surface area contributed by atoms with Crippen molar-refractivity contribution in [1.29, 1.82) is 0 Å². The van der Waals surface area contributed by atoms with E-state index in [4.69, 9.17) is 11.6 Å². The monoisotopic (exact) mass is 226 g/mol. The fraction of sp³-hybridized carbons (Fsp3) is 0.250. The summed E-state index contributed by atoms with van der Waals surface area (Å²) in [6.07, 6.45) is 2.98. The van der Waals surface area contributed by atoms with E-state index in [2.05, 4.69) is 19.9 Å². The molecule has 2 aromatic rings. The minimum atomic E-state index is -0.360. The van der Waals surface area contributed by atoms with Crippen molar-refractivity contribution in [3.63, 3.8) is 0 Å². The van der Waals surface area contributed by atoms with E-state index in [9.17, 15) is 4.79 Å². The van der Waals surface area contributed by atoms with Gasteiger partial charge in [-0.1, -0.05) is 21.9 Å². The summed E-state index contributed by atoms with van der Waals surface area (Å²) in [5, 5.41) is 7.22. The standard InChI is InChI=1S/C8H7ClN4O2/c1-5-6(12-15-11-5)4-13-3-2-10-7(9)8(13)14/h2-3H,4H2,1H3. The molecule has 78 valence electrons. The molecule has 0 amide bonds. The Bertz CT molecular complexity index is 533. The smallest absolute Gasteiger partial charge is 0.288 e. The van der Waals surface area contributed by atoms with Crippen LogP contribution in [0.25, 0.3) is 0 Å². The summed E-state index contributed by atoms with van der Waals surface area (Å²) in [7, 11) is 0. The first-order valence-electron chi connectivity index (χ1n) is 4.17. The number of rotatable bonds is 2. The maximum Gasteiger partial charge on any atom is 0.288 e. The molecule has 0 aliphatic rings. The van der Waals surface area contributed by atoms with E-state index in [0.717, 1.165) is 0 Å². The second-order valence-electron chi connectivity index (χ2n) is 2.95. The van der Waals surface area contributed by atoms with Crippen molar-refractivity contribution in [1.82, 2.24) is 19.9 Å². The Balaban J connectivity index is 2.37. The Labute approximate surface area is 89.5 Å². The predicted molar refractivity (Wildman–Crippen MR) is 51.6 cm³/mol. The number of halogens is 1. The molecule has 0 N–H and O–H groups in total. The van der Waals surface area contributed by atoms with Crippen LogP contribution in [0.2, 0.25) is 5.15 Å². The summed E-state index contributed by atoms with van der Waals surface area (Å²) >= 11 is 5.59. The zero-order valence-corrected chi connectivity index (χ0v) is 8.60. The molecule has 0 fully saturated rings. The molecule has 6 nitrogen and oxygen atoms in total. The van der Waals surface area contributed by atoms with Crippen LogP contribution in [-0.2, 0) is 6.54 Å². The molecule has 2 aromatic heterocycles. The third-order valence-electron chi connectivity index (χ3n) is 1.94. The van der Waals surface area contributed by atoms with Gasteiger partial charge in [-0.2, -0.15) is 0 Å². The molecule has 15 heavy (non-hydrogen) atoms. The molecular weight excluding hydrogens is 220 g/mol. The summed E-state index contributed by atoms with van der Waals surface area (Å²) in [6.45, 7) is 2.02. The first-order chi connectivity index (χ1) is 7.18. The van der Waals surface area contributed by atoms with Gasteiger partial charge in [0.2, 0.25) is 0 Å². The van der Waals surface area contributed by atoms with Crippen LogP contribution in [0.15, 0.2) is 21.8 Å². The summed E-state index contributed by atoms with van der Waals surface area (Å²) < 4.78 is 5.91. The van der Waals surface area contributed by atoms with Crippen molar-refractivity contribution in [3.8, 4) is 0 Å². The van der Waals surface area contributed by atoms with Gasteiger partial charge in [-0.3, -0.25) is 4.79 Å². The first-order valence-corrected chi connectivity index (χ1v) is 4.55. The van der Waals surface area contributed by atoms with Crippen molar-refractivity contribution in [2.75, 3.05) is 0 Å². The zero-order valence-electron chi connectivity index (χ0n) is 7.85. The van der Waals surface area contributed by atoms with E-state index in [-0.39, 0.29) is 17.3 Å². The van der Waals surface area contributed by atoms with Gasteiger partial charge >= 0.3 is 0 Å². The second-order valence-corrected chi connectivity index (χ2v) is 3.31. The first kappa shape index (κ1) is 9.85. The average molecular weight is 227 g/mol. The van der Waals surface area contributed by atoms with Gasteiger partial charge in [0.15, 0.2) is 5.15 Å². The number of hydrogen-bond acceptors (Lipinski definition) is 5. The second kappa shape index (κ2) is 3.82. The van der Waals surface area contributed by atoms with Gasteiger partial charge in [0.25, 0.3) is 5.56 Å². The predicted octanol–water partition coefficient (Wildman–Crippen LogP) is 0.636. The van der Waals surface area contributed by atoms with Gasteiger partial charge in [-0.05, 0) is 6.92 Å². The Hall–Kier alpha value is -1.69. The zero-order chi connectivity index (χ0) is 10.8. The Morgan fingerprint density at radius 3 is 3.00 bits per heavy atom. The van der Waals surface area contributed by atoms with Crippen molar-refractivity contribution in [2.45, 2.75) is 13.5 Å². The minimum Gasteiger partial charge on any atom is -0.305 e. The number of nitrogens with zero attached hydrogens (tertiary/aromatic N) is 4. The lowest BCUT2D eigenvalue weighted by Gasteiger charge is -2.01. The molecule has 0 aromatic carbocycles. The summed E-state index contributed by atoms with van der Waals surface area (Å²) in [5.41, 5.74) is 0.885. The van der Waals surface area contributed by atoms with Gasteiger partial charge < -0.3 is 4.57 Å². The molecule has 0 bridgehead atoms. The lowest BCUT2D eigenvalue weighted by atomic mass is 10.3. The number of aromatic nitrogens is 4. The van der Waals surface area contributed by atoms with Crippen LogP contribution in [0.4, 0.5) is 0 Å². The maximum atomic E-state index is 11.5. The third kappa shape index (κ3) is 1.89. The average Bonchev–Trinajstić information content (AvgIpc) is 2.60. The molecule has 0 aliphatic heterocycles. The highest BCUT2D eigenvalue weighted by Gasteiger charge is 2.08. The molecule has 0 saturated heterocycles. The molecule has 7 heteroatoms. The molecule has 0 aliphatic carbocycles. The van der Waals surface area contributed by atoms with E-state index in [1.54, 1.807) is 6.92 Å². The lowest BCUT2D eigenvalue weighted by molar-refractivity contribution is 0.300. The Morgan fingerprint density at radius 1 is 1.53 bits per heavy atom. The SMILES string of the molecule is Cc1nonc1Cn1ccnc(Cl)c1=O. The van der Waals surface area contributed by atoms with Crippen LogP contribution < -0.4 is 5.56 Å². The maximum absolute atomic E-state index is 11.5. The molecule has 2 heterocycles. The van der Waals surface area contributed by atoms with Gasteiger partial charge in [-0.25, -0.2) is 9.61 Å². The Kier molecular flexibility index (Phi) is 2.51. The van der Waals surface area contributed by atoms with E-state index < -0.39 is 0 Å². The molecule has 0 atom stereocenters. The molecule has 0 radical (unpaired) electrons. The molecular formula is C8H7ClN4O2. The quantitative estimate of drug-likeness (QED) is 0.751. The normalized spacial score (nSPS) is 10.5. The summed E-state index contributed by atoms with van der Waals surface area (Å²) in [5.74, 6) is 0. The fourth-order valence-electron chi connectivity index (χ4n) is 1.10. The van der Waals surface area contributed by atoms with Crippen LogP contribution in [0.3, 0.4) is 0 Å². The van der Waals surface area contributed by atoms with E-state index in [0.29, 0.717) is 11.4 Å². The van der Waals surface area contributed by atoms with Gasteiger partial charge in [0, 0.05) is 12.4 Å².